The molecular weight excluding hydrogens is 336 g/mol. The molecule has 0 saturated heterocycles. The molecule has 0 bridgehead atoms. The van der Waals surface area contributed by atoms with Gasteiger partial charge in [-0.25, -0.2) is 4.98 Å². The second-order valence-corrected chi connectivity index (χ2v) is 6.69. The largest absolute Gasteiger partial charge is 0.366 e. The van der Waals surface area contributed by atoms with Crippen LogP contribution in [0.3, 0.4) is 0 Å². The summed E-state index contributed by atoms with van der Waals surface area (Å²) in [5.74, 6) is 1.38. The van der Waals surface area contributed by atoms with E-state index in [2.05, 4.69) is 61.7 Å². The number of hydrogen-bond donors (Lipinski definition) is 2. The van der Waals surface area contributed by atoms with E-state index in [1.54, 1.807) is 6.20 Å². The number of nitrogens with zero attached hydrogens (tertiary/aromatic N) is 4. The third-order valence-electron chi connectivity index (χ3n) is 4.22. The average molecular weight is 362 g/mol. The monoisotopic (exact) mass is 362 g/mol. The van der Waals surface area contributed by atoms with Crippen LogP contribution in [0.25, 0.3) is 11.4 Å². The number of hydrogen-bond acceptors (Lipinski definition) is 6. The zero-order valence-corrected chi connectivity index (χ0v) is 16.1. The standard InChI is InChI=1S/C21H26N6/c1-16-8-4-5-9-17(16)15-24-20-14-19(18-10-6-7-11-22-18)25-21(26-20)23-12-13-27(2)3/h4-11,14H,12-13,15H2,1-3H3,(H2,23,24,25,26). The van der Waals surface area contributed by atoms with Gasteiger partial charge in [-0.1, -0.05) is 30.3 Å². The van der Waals surface area contributed by atoms with Gasteiger partial charge < -0.3 is 15.5 Å². The second-order valence-electron chi connectivity index (χ2n) is 6.69. The summed E-state index contributed by atoms with van der Waals surface area (Å²) < 4.78 is 0. The first-order valence-electron chi connectivity index (χ1n) is 9.09. The molecule has 2 heterocycles. The van der Waals surface area contributed by atoms with Crippen molar-refractivity contribution in [3.63, 3.8) is 0 Å². The number of pyridine rings is 1. The maximum absolute atomic E-state index is 4.63. The van der Waals surface area contributed by atoms with Crippen LogP contribution in [0.4, 0.5) is 11.8 Å². The third kappa shape index (κ3) is 5.49. The van der Waals surface area contributed by atoms with Crippen LogP contribution < -0.4 is 10.6 Å². The van der Waals surface area contributed by atoms with E-state index in [9.17, 15) is 0 Å². The molecule has 0 aliphatic heterocycles. The first-order valence-corrected chi connectivity index (χ1v) is 9.09. The average Bonchev–Trinajstić information content (AvgIpc) is 2.68. The van der Waals surface area contributed by atoms with Crippen molar-refractivity contribution in [1.82, 2.24) is 19.9 Å². The summed E-state index contributed by atoms with van der Waals surface area (Å²) in [6.45, 7) is 4.51. The number of rotatable bonds is 8. The van der Waals surface area contributed by atoms with Gasteiger partial charge in [0.25, 0.3) is 0 Å². The maximum Gasteiger partial charge on any atom is 0.225 e. The summed E-state index contributed by atoms with van der Waals surface area (Å²) in [5.41, 5.74) is 4.13. The van der Waals surface area contributed by atoms with E-state index < -0.39 is 0 Å². The summed E-state index contributed by atoms with van der Waals surface area (Å²) in [5, 5.41) is 6.73. The fourth-order valence-corrected chi connectivity index (χ4v) is 2.65. The predicted molar refractivity (Wildman–Crippen MR) is 111 cm³/mol. The molecule has 6 heteroatoms. The van der Waals surface area contributed by atoms with E-state index in [0.29, 0.717) is 12.5 Å². The van der Waals surface area contributed by atoms with E-state index >= 15 is 0 Å². The molecule has 0 saturated carbocycles. The number of aromatic nitrogens is 3. The van der Waals surface area contributed by atoms with Gasteiger partial charge in [0, 0.05) is 31.9 Å². The van der Waals surface area contributed by atoms with Crippen LogP contribution in [0.1, 0.15) is 11.1 Å². The Morgan fingerprint density at radius 3 is 2.48 bits per heavy atom. The molecule has 140 valence electrons. The summed E-state index contributed by atoms with van der Waals surface area (Å²) in [7, 11) is 4.09. The molecule has 3 rings (SSSR count). The zero-order chi connectivity index (χ0) is 19.1. The molecule has 0 amide bonds. The van der Waals surface area contributed by atoms with Crippen LogP contribution in [0.2, 0.25) is 0 Å². The van der Waals surface area contributed by atoms with Crippen molar-refractivity contribution in [3.05, 3.63) is 65.9 Å². The van der Waals surface area contributed by atoms with E-state index in [-0.39, 0.29) is 0 Å². The molecule has 0 atom stereocenters. The van der Waals surface area contributed by atoms with E-state index in [1.807, 2.05) is 38.4 Å². The molecule has 0 aliphatic rings. The van der Waals surface area contributed by atoms with Crippen molar-refractivity contribution >= 4 is 11.8 Å². The van der Waals surface area contributed by atoms with Crippen LogP contribution in [0, 0.1) is 6.92 Å². The van der Waals surface area contributed by atoms with Gasteiger partial charge in [0.2, 0.25) is 5.95 Å². The number of aryl methyl sites for hydroxylation is 1. The molecule has 27 heavy (non-hydrogen) atoms. The minimum Gasteiger partial charge on any atom is -0.366 e. The van der Waals surface area contributed by atoms with Crippen molar-refractivity contribution < 1.29 is 0 Å². The highest BCUT2D eigenvalue weighted by Crippen LogP contribution is 2.20. The Balaban J connectivity index is 1.81. The quantitative estimate of drug-likeness (QED) is 0.640. The number of benzene rings is 1. The van der Waals surface area contributed by atoms with Crippen molar-refractivity contribution in [2.24, 2.45) is 0 Å². The van der Waals surface area contributed by atoms with Gasteiger partial charge >= 0.3 is 0 Å². The van der Waals surface area contributed by atoms with Crippen molar-refractivity contribution in [3.8, 4) is 11.4 Å². The summed E-state index contributed by atoms with van der Waals surface area (Å²) in [4.78, 5) is 15.8. The number of nitrogens with one attached hydrogen (secondary N) is 2. The Labute approximate surface area is 160 Å². The van der Waals surface area contributed by atoms with Gasteiger partial charge in [0.05, 0.1) is 11.4 Å². The normalized spacial score (nSPS) is 10.8. The van der Waals surface area contributed by atoms with Crippen molar-refractivity contribution in [2.45, 2.75) is 13.5 Å². The van der Waals surface area contributed by atoms with Gasteiger partial charge in [-0.05, 0) is 44.3 Å². The van der Waals surface area contributed by atoms with E-state index in [0.717, 1.165) is 30.3 Å². The van der Waals surface area contributed by atoms with Gasteiger partial charge in [-0.2, -0.15) is 4.98 Å². The fourth-order valence-electron chi connectivity index (χ4n) is 2.65. The number of anilines is 2. The second kappa shape index (κ2) is 9.09. The lowest BCUT2D eigenvalue weighted by molar-refractivity contribution is 0.425. The molecular formula is C21H26N6. The predicted octanol–water partition coefficient (Wildman–Crippen LogP) is 3.43. The van der Waals surface area contributed by atoms with Crippen LogP contribution in [0.5, 0.6) is 0 Å². The van der Waals surface area contributed by atoms with Gasteiger partial charge in [-0.15, -0.1) is 0 Å². The highest BCUT2D eigenvalue weighted by Gasteiger charge is 2.08. The topological polar surface area (TPSA) is 66.0 Å². The first-order chi connectivity index (χ1) is 13.1. The van der Waals surface area contributed by atoms with Gasteiger partial charge in [0.1, 0.15) is 5.82 Å². The molecule has 0 aliphatic carbocycles. The molecule has 1 aromatic carbocycles. The number of likely N-dealkylation sites (N-methyl/N-ethyl adjacent to an activating group) is 1. The molecule has 3 aromatic rings. The first kappa shape index (κ1) is 18.8. The van der Waals surface area contributed by atoms with Gasteiger partial charge in [0.15, 0.2) is 0 Å². The molecule has 2 aromatic heterocycles. The highest BCUT2D eigenvalue weighted by atomic mass is 15.2. The minimum atomic E-state index is 0.604. The zero-order valence-electron chi connectivity index (χ0n) is 16.1. The molecule has 0 unspecified atom stereocenters. The van der Waals surface area contributed by atoms with Crippen LogP contribution >= 0.6 is 0 Å². The maximum atomic E-state index is 4.63. The molecule has 0 spiro atoms. The highest BCUT2D eigenvalue weighted by molar-refractivity contribution is 5.61. The Hall–Kier alpha value is -2.99. The summed E-state index contributed by atoms with van der Waals surface area (Å²) in [6, 6.07) is 16.1. The summed E-state index contributed by atoms with van der Waals surface area (Å²) >= 11 is 0. The Morgan fingerprint density at radius 2 is 1.74 bits per heavy atom. The smallest absolute Gasteiger partial charge is 0.225 e. The lowest BCUT2D eigenvalue weighted by Crippen LogP contribution is -2.21. The minimum absolute atomic E-state index is 0.604. The molecule has 0 radical (unpaired) electrons. The SMILES string of the molecule is Cc1ccccc1CNc1cc(-c2ccccn2)nc(NCCN(C)C)n1. The van der Waals surface area contributed by atoms with Gasteiger partial charge in [-0.3, -0.25) is 4.98 Å². The Kier molecular flexibility index (Phi) is 6.33. The Bertz CT molecular complexity index is 864. The van der Waals surface area contributed by atoms with Crippen molar-refractivity contribution in [1.29, 1.82) is 0 Å². The summed E-state index contributed by atoms with van der Waals surface area (Å²) in [6.07, 6.45) is 1.77. The molecule has 0 fully saturated rings. The third-order valence-corrected chi connectivity index (χ3v) is 4.22. The van der Waals surface area contributed by atoms with Crippen LogP contribution in [-0.4, -0.2) is 47.0 Å². The van der Waals surface area contributed by atoms with E-state index in [1.165, 1.54) is 11.1 Å². The molecule has 2 N–H and O–H groups in total. The van der Waals surface area contributed by atoms with Crippen molar-refractivity contribution in [2.75, 3.05) is 37.8 Å². The van der Waals surface area contributed by atoms with Crippen LogP contribution in [-0.2, 0) is 6.54 Å². The van der Waals surface area contributed by atoms with Crippen LogP contribution in [0.15, 0.2) is 54.7 Å². The fraction of sp³-hybridized carbons (Fsp3) is 0.286. The molecule has 6 nitrogen and oxygen atoms in total. The lowest BCUT2D eigenvalue weighted by atomic mass is 10.1. The van der Waals surface area contributed by atoms with E-state index in [4.69, 9.17) is 0 Å². The lowest BCUT2D eigenvalue weighted by Gasteiger charge is -2.13. The Morgan fingerprint density at radius 1 is 0.926 bits per heavy atom.